The van der Waals surface area contributed by atoms with Gasteiger partial charge in [-0.2, -0.15) is 0 Å². The van der Waals surface area contributed by atoms with E-state index in [4.69, 9.17) is 0 Å². The number of carbonyl (C=O) groups excluding carboxylic acids is 3. The van der Waals surface area contributed by atoms with Crippen LogP contribution >= 0.6 is 34.2 Å². The second-order valence-electron chi connectivity index (χ2n) is 10.5. The maximum absolute atomic E-state index is 13.9. The molecule has 3 aromatic rings. The normalized spacial score (nSPS) is 17.6. The molecule has 0 bridgehead atoms. The molecule has 0 N–H and O–H groups in total. The van der Waals surface area contributed by atoms with Gasteiger partial charge in [0.05, 0.1) is 45.5 Å². The molecule has 39 heavy (non-hydrogen) atoms. The third kappa shape index (κ3) is 5.48. The minimum absolute atomic E-state index is 0.0696. The van der Waals surface area contributed by atoms with Crippen LogP contribution in [0.1, 0.15) is 60.8 Å². The molecule has 5 rings (SSSR count). The molecule has 0 saturated carbocycles. The minimum Gasteiger partial charge on any atom is -0.329 e. The Morgan fingerprint density at radius 1 is 1.15 bits per heavy atom. The van der Waals surface area contributed by atoms with Crippen molar-refractivity contribution >= 4 is 51.9 Å². The Bertz CT molecular complexity index is 1370. The summed E-state index contributed by atoms with van der Waals surface area (Å²) in [4.78, 5) is 49.8. The Balaban J connectivity index is 1.27. The van der Waals surface area contributed by atoms with Gasteiger partial charge in [0, 0.05) is 18.7 Å². The fourth-order valence-electron chi connectivity index (χ4n) is 5.65. The number of likely N-dealkylation sites (tertiary alicyclic amines) is 1. The summed E-state index contributed by atoms with van der Waals surface area (Å²) in [6.07, 6.45) is 2.30. The van der Waals surface area contributed by atoms with Gasteiger partial charge in [-0.1, -0.05) is 63.2 Å². The van der Waals surface area contributed by atoms with E-state index in [0.717, 1.165) is 35.2 Å². The van der Waals surface area contributed by atoms with E-state index in [9.17, 15) is 14.4 Å². The predicted molar refractivity (Wildman–Crippen MR) is 161 cm³/mol. The maximum atomic E-state index is 13.9. The first-order valence-electron chi connectivity index (χ1n) is 13.5. The number of benzene rings is 2. The molecule has 0 radical (unpaired) electrons. The van der Waals surface area contributed by atoms with Crippen LogP contribution in [0.2, 0.25) is 0 Å². The number of hydrogen-bond donors (Lipinski definition) is 0. The van der Waals surface area contributed by atoms with Gasteiger partial charge in [0.15, 0.2) is 0 Å². The van der Waals surface area contributed by atoms with Gasteiger partial charge in [-0.15, -0.1) is 11.3 Å². The molecule has 2 aromatic carbocycles. The zero-order chi connectivity index (χ0) is 27.7. The van der Waals surface area contributed by atoms with E-state index >= 15 is 0 Å². The number of rotatable bonds is 8. The monoisotopic (exact) mass is 656 g/mol. The van der Waals surface area contributed by atoms with Gasteiger partial charge in [-0.05, 0) is 47.9 Å². The largest absolute Gasteiger partial charge is 0.329 e. The fraction of sp³-hybridized carbons (Fsp3) is 0.400. The van der Waals surface area contributed by atoms with Crippen LogP contribution in [0, 0.1) is 5.92 Å². The Morgan fingerprint density at radius 2 is 1.90 bits per heavy atom. The molecule has 2 atom stereocenters. The maximum Gasteiger partial charge on any atom is 0.255 e. The summed E-state index contributed by atoms with van der Waals surface area (Å²) >= 11 is 3.71. The van der Waals surface area contributed by atoms with Crippen LogP contribution in [0.4, 0.5) is 0 Å². The minimum atomic E-state index is -0.603. The summed E-state index contributed by atoms with van der Waals surface area (Å²) in [6, 6.07) is 14.7. The summed E-state index contributed by atoms with van der Waals surface area (Å²) < 4.78 is 1.69. The first kappa shape index (κ1) is 27.8. The Morgan fingerprint density at radius 3 is 2.59 bits per heavy atom. The van der Waals surface area contributed by atoms with E-state index < -0.39 is 12.1 Å². The molecule has 1 aromatic heterocycles. The Hall–Kier alpha value is -2.79. The second kappa shape index (κ2) is 11.8. The molecule has 2 aliphatic rings. The lowest BCUT2D eigenvalue weighted by Crippen LogP contribution is -2.55. The highest BCUT2D eigenvalue weighted by molar-refractivity contribution is 14.1. The molecule has 0 aliphatic carbocycles. The highest BCUT2D eigenvalue weighted by atomic mass is 127. The molecular weight excluding hydrogens is 623 g/mol. The van der Waals surface area contributed by atoms with E-state index in [1.54, 1.807) is 24.2 Å². The Kier molecular flexibility index (Phi) is 8.37. The van der Waals surface area contributed by atoms with E-state index in [-0.39, 0.29) is 23.6 Å². The van der Waals surface area contributed by atoms with Crippen molar-refractivity contribution in [3.05, 3.63) is 76.4 Å². The molecule has 1 unspecified atom stereocenters. The van der Waals surface area contributed by atoms with Gasteiger partial charge >= 0.3 is 0 Å². The van der Waals surface area contributed by atoms with Crippen LogP contribution in [-0.2, 0) is 29.1 Å². The highest BCUT2D eigenvalue weighted by Crippen LogP contribution is 2.32. The van der Waals surface area contributed by atoms with E-state index in [0.29, 0.717) is 31.6 Å². The van der Waals surface area contributed by atoms with Gasteiger partial charge in [-0.3, -0.25) is 17.5 Å². The number of nitrogens with zero attached hydrogens (tertiary/aromatic N) is 4. The SMILES string of the molecule is CCc1ncsc1-c1ccc(CN(I)C(=O)[C@@H]2CCCN2C(=O)C(C(C)C)N2Cc3ccccc3C2=O)cc1. The molecule has 204 valence electrons. The van der Waals surface area contributed by atoms with Crippen molar-refractivity contribution in [3.63, 3.8) is 0 Å². The molecule has 0 spiro atoms. The topological polar surface area (TPSA) is 73.8 Å². The third-order valence-corrected chi connectivity index (χ3v) is 9.38. The van der Waals surface area contributed by atoms with Gasteiger partial charge in [0.1, 0.15) is 12.1 Å². The summed E-state index contributed by atoms with van der Waals surface area (Å²) in [5.41, 5.74) is 6.75. The predicted octanol–water partition coefficient (Wildman–Crippen LogP) is 5.72. The molecule has 1 fully saturated rings. The number of carbonyl (C=O) groups is 3. The summed E-state index contributed by atoms with van der Waals surface area (Å²) in [5.74, 6) is -0.386. The molecule has 3 heterocycles. The average molecular weight is 657 g/mol. The molecular formula is C30H33IN4O3S. The molecule has 1 saturated heterocycles. The number of amides is 3. The second-order valence-corrected chi connectivity index (χ2v) is 12.5. The first-order valence-corrected chi connectivity index (χ1v) is 15.3. The van der Waals surface area contributed by atoms with E-state index in [1.807, 2.05) is 43.6 Å². The average Bonchev–Trinajstić information content (AvgIpc) is 3.68. The van der Waals surface area contributed by atoms with Crippen molar-refractivity contribution in [1.29, 1.82) is 0 Å². The first-order chi connectivity index (χ1) is 18.8. The summed E-state index contributed by atoms with van der Waals surface area (Å²) in [5, 5.41) is 0. The van der Waals surface area contributed by atoms with Gasteiger partial charge in [0.25, 0.3) is 11.8 Å². The number of aryl methyl sites for hydroxylation is 1. The molecule has 9 heteroatoms. The van der Waals surface area contributed by atoms with Crippen LogP contribution in [-0.4, -0.2) is 54.2 Å². The fourth-order valence-corrected chi connectivity index (χ4v) is 7.26. The van der Waals surface area contributed by atoms with Crippen LogP contribution in [0.15, 0.2) is 54.0 Å². The zero-order valence-electron chi connectivity index (χ0n) is 22.5. The van der Waals surface area contributed by atoms with E-state index in [2.05, 4.69) is 59.0 Å². The van der Waals surface area contributed by atoms with Crippen LogP contribution in [0.3, 0.4) is 0 Å². The lowest BCUT2D eigenvalue weighted by Gasteiger charge is -2.35. The van der Waals surface area contributed by atoms with Crippen molar-refractivity contribution in [1.82, 2.24) is 17.9 Å². The van der Waals surface area contributed by atoms with Crippen LogP contribution in [0.25, 0.3) is 10.4 Å². The summed E-state index contributed by atoms with van der Waals surface area (Å²) in [7, 11) is 0. The van der Waals surface area contributed by atoms with Crippen molar-refractivity contribution in [2.45, 2.75) is 65.2 Å². The van der Waals surface area contributed by atoms with Crippen molar-refractivity contribution in [2.75, 3.05) is 6.54 Å². The van der Waals surface area contributed by atoms with Gasteiger partial charge in [0.2, 0.25) is 5.91 Å². The number of fused-ring (bicyclic) bond motifs is 1. The van der Waals surface area contributed by atoms with Gasteiger partial charge in [-0.25, -0.2) is 4.98 Å². The standard InChI is InChI=1S/C30H33IN4O3S/c1-4-24-27(39-18-32-24)21-13-11-20(12-14-21)16-35(31)29(37)25-10-7-15-33(25)30(38)26(19(2)3)34-17-22-8-5-6-9-23(22)28(34)36/h5-6,8-9,11-14,18-19,25-26H,4,7,10,15-17H2,1-3H3/t25-,26?/m0/s1. The zero-order valence-corrected chi connectivity index (χ0v) is 25.4. The third-order valence-electron chi connectivity index (χ3n) is 7.64. The molecule has 2 aliphatic heterocycles. The van der Waals surface area contributed by atoms with Gasteiger partial charge < -0.3 is 9.80 Å². The van der Waals surface area contributed by atoms with Crippen molar-refractivity contribution in [2.24, 2.45) is 5.92 Å². The van der Waals surface area contributed by atoms with Crippen LogP contribution < -0.4 is 0 Å². The highest BCUT2D eigenvalue weighted by Gasteiger charge is 2.44. The summed E-state index contributed by atoms with van der Waals surface area (Å²) in [6.45, 7) is 7.45. The van der Waals surface area contributed by atoms with Crippen molar-refractivity contribution in [3.8, 4) is 10.4 Å². The van der Waals surface area contributed by atoms with E-state index in [1.165, 1.54) is 4.88 Å². The quantitative estimate of drug-likeness (QED) is 0.230. The molecule has 7 nitrogen and oxygen atoms in total. The number of hydrogen-bond acceptors (Lipinski definition) is 5. The molecule has 3 amide bonds. The van der Waals surface area contributed by atoms with Crippen molar-refractivity contribution < 1.29 is 14.4 Å². The Labute approximate surface area is 247 Å². The lowest BCUT2D eigenvalue weighted by atomic mass is 10.0. The smallest absolute Gasteiger partial charge is 0.255 e. The number of halogens is 1. The number of thiazole rings is 1. The number of aromatic nitrogens is 1. The lowest BCUT2D eigenvalue weighted by molar-refractivity contribution is -0.144. The van der Waals surface area contributed by atoms with Crippen LogP contribution in [0.5, 0.6) is 0 Å².